The second-order valence-electron chi connectivity index (χ2n) is 5.51. The molecule has 0 atom stereocenters. The van der Waals surface area contributed by atoms with Crippen LogP contribution in [0, 0.1) is 5.41 Å². The molecule has 21 heavy (non-hydrogen) atoms. The predicted octanol–water partition coefficient (Wildman–Crippen LogP) is 0.576. The van der Waals surface area contributed by atoms with Crippen LogP contribution in [0.25, 0.3) is 0 Å². The van der Waals surface area contributed by atoms with Gasteiger partial charge in [0.15, 0.2) is 15.7 Å². The second-order valence-corrected chi connectivity index (χ2v) is 7.82. The summed E-state index contributed by atoms with van der Waals surface area (Å²) in [7, 11) is -3.05. The number of amides is 1. The number of sulfone groups is 1. The zero-order valence-electron chi connectivity index (χ0n) is 12.7. The van der Waals surface area contributed by atoms with E-state index in [1.807, 2.05) is 13.8 Å². The molecule has 1 fully saturated rings. The Labute approximate surface area is 126 Å². The fraction of sp³-hybridized carbons (Fsp3) is 0.846. The third-order valence-electron chi connectivity index (χ3n) is 3.99. The van der Waals surface area contributed by atoms with E-state index in [0.717, 1.165) is 0 Å². The van der Waals surface area contributed by atoms with Crippen molar-refractivity contribution in [2.75, 3.05) is 24.6 Å². The molecule has 1 aliphatic heterocycles. The van der Waals surface area contributed by atoms with E-state index in [0.29, 0.717) is 25.7 Å². The molecule has 8 heteroatoms. The van der Waals surface area contributed by atoms with Crippen molar-refractivity contribution in [3.05, 3.63) is 0 Å². The van der Waals surface area contributed by atoms with Gasteiger partial charge in [0.2, 0.25) is 5.91 Å². The number of rotatable bonds is 6. The molecule has 0 unspecified atom stereocenters. The Bertz CT molecular complexity index is 482. The van der Waals surface area contributed by atoms with E-state index in [1.54, 1.807) is 0 Å². The monoisotopic (exact) mass is 319 g/mol. The first kappa shape index (κ1) is 17.7. The molecule has 1 amide bonds. The quantitative estimate of drug-likeness (QED) is 0.322. The maximum absolute atomic E-state index is 12.9. The summed E-state index contributed by atoms with van der Waals surface area (Å²) in [4.78, 5) is 14.4. The van der Waals surface area contributed by atoms with Gasteiger partial charge in [0.1, 0.15) is 5.41 Å². The smallest absolute Gasteiger partial charge is 0.236 e. The van der Waals surface area contributed by atoms with Crippen LogP contribution in [0.15, 0.2) is 5.16 Å². The number of amidine groups is 1. The van der Waals surface area contributed by atoms with Crippen molar-refractivity contribution >= 4 is 21.6 Å². The lowest BCUT2D eigenvalue weighted by molar-refractivity contribution is -0.139. The third kappa shape index (κ3) is 3.87. The lowest BCUT2D eigenvalue weighted by Gasteiger charge is -2.37. The fourth-order valence-corrected chi connectivity index (χ4v) is 4.07. The topological polar surface area (TPSA) is 113 Å². The molecule has 0 radical (unpaired) electrons. The van der Waals surface area contributed by atoms with E-state index in [2.05, 4.69) is 5.16 Å². The molecule has 122 valence electrons. The minimum absolute atomic E-state index is 0.0246. The van der Waals surface area contributed by atoms with Crippen molar-refractivity contribution in [3.63, 3.8) is 0 Å². The van der Waals surface area contributed by atoms with Crippen LogP contribution in [0.1, 0.15) is 39.5 Å². The van der Waals surface area contributed by atoms with Gasteiger partial charge in [0.05, 0.1) is 11.5 Å². The minimum Gasteiger partial charge on any atom is -0.409 e. The van der Waals surface area contributed by atoms with Crippen LogP contribution in [0.5, 0.6) is 0 Å². The zero-order chi connectivity index (χ0) is 16.1. The van der Waals surface area contributed by atoms with Crippen molar-refractivity contribution < 1.29 is 18.4 Å². The van der Waals surface area contributed by atoms with Crippen LogP contribution >= 0.6 is 0 Å². The number of hydrogen-bond donors (Lipinski definition) is 2. The SMILES string of the molecule is CCCC(CCC)(C(=O)N1CCS(=O)(=O)CC1)C(N)=NO. The van der Waals surface area contributed by atoms with Gasteiger partial charge < -0.3 is 15.8 Å². The third-order valence-corrected chi connectivity index (χ3v) is 5.60. The fourth-order valence-electron chi connectivity index (χ4n) is 2.87. The highest BCUT2D eigenvalue weighted by Gasteiger charge is 2.44. The first-order valence-electron chi connectivity index (χ1n) is 7.30. The Morgan fingerprint density at radius 1 is 1.24 bits per heavy atom. The van der Waals surface area contributed by atoms with Gasteiger partial charge in [-0.15, -0.1) is 0 Å². The Morgan fingerprint density at radius 2 is 1.71 bits per heavy atom. The summed E-state index contributed by atoms with van der Waals surface area (Å²) < 4.78 is 23.0. The molecule has 0 aliphatic carbocycles. The highest BCUT2D eigenvalue weighted by Crippen LogP contribution is 2.33. The molecule has 1 aliphatic rings. The van der Waals surface area contributed by atoms with Gasteiger partial charge in [0.25, 0.3) is 0 Å². The molecule has 1 heterocycles. The number of carbonyl (C=O) groups is 1. The highest BCUT2D eigenvalue weighted by molar-refractivity contribution is 7.91. The summed E-state index contributed by atoms with van der Waals surface area (Å²) in [5.74, 6) is -0.354. The molecular weight excluding hydrogens is 294 g/mol. The van der Waals surface area contributed by atoms with E-state index in [9.17, 15) is 13.2 Å². The summed E-state index contributed by atoms with van der Waals surface area (Å²) in [6.07, 6.45) is 2.40. The summed E-state index contributed by atoms with van der Waals surface area (Å²) in [6.45, 7) is 4.22. The van der Waals surface area contributed by atoms with Gasteiger partial charge in [-0.25, -0.2) is 8.42 Å². The number of carbonyl (C=O) groups excluding carboxylic acids is 1. The van der Waals surface area contributed by atoms with Gasteiger partial charge in [-0.2, -0.15) is 0 Å². The number of nitrogens with two attached hydrogens (primary N) is 1. The predicted molar refractivity (Wildman–Crippen MR) is 80.9 cm³/mol. The maximum atomic E-state index is 12.9. The summed E-state index contributed by atoms with van der Waals surface area (Å²) in [5.41, 5.74) is 4.79. The van der Waals surface area contributed by atoms with Gasteiger partial charge in [-0.3, -0.25) is 4.79 Å². The summed E-state index contributed by atoms with van der Waals surface area (Å²) in [5, 5.41) is 12.1. The lowest BCUT2D eigenvalue weighted by atomic mass is 9.76. The standard InChI is InChI=1S/C13H25N3O4S/c1-3-5-13(6-4-2,11(14)15-18)12(17)16-7-9-21(19,20)10-8-16/h18H,3-10H2,1-2H3,(H2,14,15). The molecule has 0 aromatic heterocycles. The van der Waals surface area contributed by atoms with E-state index < -0.39 is 15.3 Å². The van der Waals surface area contributed by atoms with E-state index in [4.69, 9.17) is 10.9 Å². The summed E-state index contributed by atoms with van der Waals surface area (Å²) >= 11 is 0. The molecule has 0 aromatic rings. The zero-order valence-corrected chi connectivity index (χ0v) is 13.5. The van der Waals surface area contributed by atoms with Crippen LogP contribution in [-0.4, -0.2) is 54.9 Å². The number of hydrogen-bond acceptors (Lipinski definition) is 5. The van der Waals surface area contributed by atoms with Crippen LogP contribution < -0.4 is 5.73 Å². The Morgan fingerprint density at radius 3 is 2.10 bits per heavy atom. The van der Waals surface area contributed by atoms with Crippen molar-refractivity contribution in [1.29, 1.82) is 0 Å². The molecule has 1 saturated heterocycles. The molecular formula is C13H25N3O4S. The molecule has 0 saturated carbocycles. The van der Waals surface area contributed by atoms with Crippen molar-refractivity contribution in [1.82, 2.24) is 4.90 Å². The first-order valence-corrected chi connectivity index (χ1v) is 9.13. The largest absolute Gasteiger partial charge is 0.409 e. The Hall–Kier alpha value is -1.31. The molecule has 0 spiro atoms. The average molecular weight is 319 g/mol. The molecule has 0 bridgehead atoms. The van der Waals surface area contributed by atoms with Crippen molar-refractivity contribution in [2.24, 2.45) is 16.3 Å². The molecule has 1 rings (SSSR count). The normalized spacial score (nSPS) is 19.5. The number of oxime groups is 1. The summed E-state index contributed by atoms with van der Waals surface area (Å²) in [6, 6.07) is 0. The lowest BCUT2D eigenvalue weighted by Crippen LogP contribution is -2.55. The molecule has 3 N–H and O–H groups in total. The Kier molecular flexibility index (Phi) is 6.00. The van der Waals surface area contributed by atoms with E-state index in [-0.39, 0.29) is 36.3 Å². The molecule has 0 aromatic carbocycles. The van der Waals surface area contributed by atoms with Crippen LogP contribution in [0.3, 0.4) is 0 Å². The van der Waals surface area contributed by atoms with Gasteiger partial charge in [-0.1, -0.05) is 31.8 Å². The second kappa shape index (κ2) is 7.11. The van der Waals surface area contributed by atoms with Gasteiger partial charge in [-0.05, 0) is 12.8 Å². The average Bonchev–Trinajstić information content (AvgIpc) is 2.45. The number of nitrogens with zero attached hydrogens (tertiary/aromatic N) is 2. The maximum Gasteiger partial charge on any atom is 0.236 e. The first-order chi connectivity index (χ1) is 9.83. The van der Waals surface area contributed by atoms with Crippen LogP contribution in [-0.2, 0) is 14.6 Å². The van der Waals surface area contributed by atoms with Crippen molar-refractivity contribution in [2.45, 2.75) is 39.5 Å². The van der Waals surface area contributed by atoms with Crippen LogP contribution in [0.2, 0.25) is 0 Å². The molecule has 7 nitrogen and oxygen atoms in total. The van der Waals surface area contributed by atoms with E-state index >= 15 is 0 Å². The minimum atomic E-state index is -3.05. The van der Waals surface area contributed by atoms with Crippen LogP contribution in [0.4, 0.5) is 0 Å². The highest BCUT2D eigenvalue weighted by atomic mass is 32.2. The van der Waals surface area contributed by atoms with Crippen molar-refractivity contribution in [3.8, 4) is 0 Å². The van der Waals surface area contributed by atoms with Gasteiger partial charge in [0, 0.05) is 13.1 Å². The Balaban J connectivity index is 3.05. The van der Waals surface area contributed by atoms with Gasteiger partial charge >= 0.3 is 0 Å². The van der Waals surface area contributed by atoms with E-state index in [1.165, 1.54) is 4.90 Å².